The molecule has 1 atom stereocenters. The molecule has 1 aromatic carbocycles. The van der Waals surface area contributed by atoms with Crippen molar-refractivity contribution in [1.82, 2.24) is 4.90 Å². The lowest BCUT2D eigenvalue weighted by Gasteiger charge is -2.16. The average molecular weight is 272 g/mol. The van der Waals surface area contributed by atoms with Crippen molar-refractivity contribution < 1.29 is 14.7 Å². The molecule has 0 saturated carbocycles. The molecule has 5 heteroatoms. The van der Waals surface area contributed by atoms with Gasteiger partial charge >= 0.3 is 0 Å². The SMILES string of the molecule is NC(=O)C1CCN(C(=O)c2cccc(C#CCO)c2)C1. The molecular weight excluding hydrogens is 256 g/mol. The van der Waals surface area contributed by atoms with Crippen LogP contribution in [0.4, 0.5) is 0 Å². The number of benzene rings is 1. The van der Waals surface area contributed by atoms with Crippen molar-refractivity contribution in [3.8, 4) is 11.8 Å². The molecule has 0 radical (unpaired) electrons. The molecule has 0 spiro atoms. The highest BCUT2D eigenvalue weighted by Crippen LogP contribution is 2.18. The van der Waals surface area contributed by atoms with Gasteiger partial charge in [0.05, 0.1) is 5.92 Å². The van der Waals surface area contributed by atoms with Crippen molar-refractivity contribution in [2.45, 2.75) is 6.42 Å². The third-order valence-corrected chi connectivity index (χ3v) is 3.30. The minimum absolute atomic E-state index is 0.124. The fourth-order valence-electron chi connectivity index (χ4n) is 2.23. The molecular formula is C15H16N2O3. The van der Waals surface area contributed by atoms with E-state index in [9.17, 15) is 9.59 Å². The van der Waals surface area contributed by atoms with Crippen molar-refractivity contribution in [3.63, 3.8) is 0 Å². The van der Waals surface area contributed by atoms with Crippen LogP contribution in [0.25, 0.3) is 0 Å². The number of likely N-dealkylation sites (tertiary alicyclic amines) is 1. The Morgan fingerprint density at radius 3 is 2.90 bits per heavy atom. The maximum Gasteiger partial charge on any atom is 0.253 e. The quantitative estimate of drug-likeness (QED) is 0.742. The Hall–Kier alpha value is -2.32. The van der Waals surface area contributed by atoms with E-state index < -0.39 is 0 Å². The van der Waals surface area contributed by atoms with Crippen molar-refractivity contribution in [3.05, 3.63) is 35.4 Å². The van der Waals surface area contributed by atoms with Crippen LogP contribution in [-0.4, -0.2) is 41.5 Å². The normalized spacial score (nSPS) is 17.4. The Morgan fingerprint density at radius 1 is 1.45 bits per heavy atom. The summed E-state index contributed by atoms with van der Waals surface area (Å²) in [7, 11) is 0. The van der Waals surface area contributed by atoms with E-state index >= 15 is 0 Å². The minimum atomic E-state index is -0.358. The second kappa shape index (κ2) is 6.22. The molecule has 0 bridgehead atoms. The van der Waals surface area contributed by atoms with Crippen molar-refractivity contribution in [1.29, 1.82) is 0 Å². The Balaban J connectivity index is 2.12. The number of rotatable bonds is 2. The lowest BCUT2D eigenvalue weighted by atomic mass is 10.1. The smallest absolute Gasteiger partial charge is 0.253 e. The topological polar surface area (TPSA) is 83.6 Å². The minimum Gasteiger partial charge on any atom is -0.384 e. The summed E-state index contributed by atoms with van der Waals surface area (Å²) < 4.78 is 0. The molecule has 2 amide bonds. The molecule has 1 unspecified atom stereocenters. The number of amides is 2. The summed E-state index contributed by atoms with van der Waals surface area (Å²) >= 11 is 0. The predicted octanol–water partition coefficient (Wildman–Crippen LogP) is -0.0222. The van der Waals surface area contributed by atoms with Crippen LogP contribution in [0.2, 0.25) is 0 Å². The van der Waals surface area contributed by atoms with E-state index in [1.165, 1.54) is 0 Å². The number of nitrogens with zero attached hydrogens (tertiary/aromatic N) is 1. The van der Waals surface area contributed by atoms with E-state index in [2.05, 4.69) is 11.8 Å². The zero-order chi connectivity index (χ0) is 14.5. The van der Waals surface area contributed by atoms with Crippen molar-refractivity contribution in [2.24, 2.45) is 11.7 Å². The number of aliphatic hydroxyl groups is 1. The van der Waals surface area contributed by atoms with Crippen LogP contribution in [0.3, 0.4) is 0 Å². The molecule has 1 saturated heterocycles. The van der Waals surface area contributed by atoms with E-state index in [1.54, 1.807) is 29.2 Å². The van der Waals surface area contributed by atoms with Crippen molar-refractivity contribution in [2.75, 3.05) is 19.7 Å². The summed E-state index contributed by atoms with van der Waals surface area (Å²) in [5.41, 5.74) is 6.46. The number of primary amides is 1. The van der Waals surface area contributed by atoms with Crippen LogP contribution >= 0.6 is 0 Å². The Labute approximate surface area is 117 Å². The van der Waals surface area contributed by atoms with Gasteiger partial charge in [0.2, 0.25) is 5.91 Å². The summed E-state index contributed by atoms with van der Waals surface area (Å²) in [6.45, 7) is 0.699. The van der Waals surface area contributed by atoms with Gasteiger partial charge in [-0.25, -0.2) is 0 Å². The maximum absolute atomic E-state index is 12.3. The molecule has 3 N–H and O–H groups in total. The van der Waals surface area contributed by atoms with E-state index in [0.717, 1.165) is 0 Å². The van der Waals surface area contributed by atoms with Crippen LogP contribution in [0, 0.1) is 17.8 Å². The lowest BCUT2D eigenvalue weighted by Crippen LogP contribution is -2.31. The fraction of sp³-hybridized carbons (Fsp3) is 0.333. The van der Waals surface area contributed by atoms with Gasteiger partial charge < -0.3 is 15.7 Å². The molecule has 20 heavy (non-hydrogen) atoms. The third-order valence-electron chi connectivity index (χ3n) is 3.30. The summed E-state index contributed by atoms with van der Waals surface area (Å²) in [6, 6.07) is 6.92. The largest absolute Gasteiger partial charge is 0.384 e. The first-order valence-corrected chi connectivity index (χ1v) is 6.40. The van der Waals surface area contributed by atoms with Crippen LogP contribution in [-0.2, 0) is 4.79 Å². The van der Waals surface area contributed by atoms with E-state index in [1.807, 2.05) is 0 Å². The lowest BCUT2D eigenvalue weighted by molar-refractivity contribution is -0.121. The molecule has 1 aliphatic heterocycles. The van der Waals surface area contributed by atoms with Crippen LogP contribution < -0.4 is 5.73 Å². The van der Waals surface area contributed by atoms with E-state index in [4.69, 9.17) is 10.8 Å². The van der Waals surface area contributed by atoms with Gasteiger partial charge in [0, 0.05) is 24.2 Å². The van der Waals surface area contributed by atoms with Gasteiger partial charge in [-0.3, -0.25) is 9.59 Å². The molecule has 2 rings (SSSR count). The Kier molecular flexibility index (Phi) is 4.38. The molecule has 1 aliphatic rings. The first-order valence-electron chi connectivity index (χ1n) is 6.40. The van der Waals surface area contributed by atoms with Gasteiger partial charge in [-0.15, -0.1) is 0 Å². The van der Waals surface area contributed by atoms with Crippen LogP contribution in [0.5, 0.6) is 0 Å². The van der Waals surface area contributed by atoms with E-state index in [-0.39, 0.29) is 24.3 Å². The molecule has 104 valence electrons. The van der Waals surface area contributed by atoms with Crippen LogP contribution in [0.1, 0.15) is 22.3 Å². The summed E-state index contributed by atoms with van der Waals surface area (Å²) in [4.78, 5) is 25.1. The van der Waals surface area contributed by atoms with Gasteiger partial charge in [-0.05, 0) is 24.6 Å². The maximum atomic E-state index is 12.3. The standard InChI is InChI=1S/C15H16N2O3/c16-14(19)13-6-7-17(10-13)15(20)12-5-1-3-11(9-12)4-2-8-18/h1,3,5,9,13,18H,6-8,10H2,(H2,16,19). The van der Waals surface area contributed by atoms with E-state index in [0.29, 0.717) is 30.6 Å². The zero-order valence-corrected chi connectivity index (χ0v) is 11.0. The van der Waals surface area contributed by atoms with Crippen molar-refractivity contribution >= 4 is 11.8 Å². The number of nitrogens with two attached hydrogens (primary N) is 1. The van der Waals surface area contributed by atoms with Gasteiger partial charge in [-0.2, -0.15) is 0 Å². The predicted molar refractivity (Wildman–Crippen MR) is 73.6 cm³/mol. The summed E-state index contributed by atoms with van der Waals surface area (Å²) in [5, 5.41) is 8.67. The number of carbonyl (C=O) groups is 2. The fourth-order valence-corrected chi connectivity index (χ4v) is 2.23. The Morgan fingerprint density at radius 2 is 2.25 bits per heavy atom. The van der Waals surface area contributed by atoms with Crippen LogP contribution in [0.15, 0.2) is 24.3 Å². The number of carbonyl (C=O) groups excluding carboxylic acids is 2. The first kappa shape index (κ1) is 14.1. The second-order valence-electron chi connectivity index (χ2n) is 4.68. The number of aliphatic hydroxyl groups excluding tert-OH is 1. The molecule has 1 aromatic rings. The highest BCUT2D eigenvalue weighted by atomic mass is 16.2. The summed E-state index contributed by atoms with van der Waals surface area (Å²) in [6.07, 6.45) is 0.616. The molecule has 0 aromatic heterocycles. The van der Waals surface area contributed by atoms with Gasteiger partial charge in [0.1, 0.15) is 6.61 Å². The highest BCUT2D eigenvalue weighted by Gasteiger charge is 2.30. The first-order chi connectivity index (χ1) is 9.61. The zero-order valence-electron chi connectivity index (χ0n) is 11.0. The molecule has 0 aliphatic carbocycles. The molecule has 5 nitrogen and oxygen atoms in total. The summed E-state index contributed by atoms with van der Waals surface area (Å²) in [5.74, 6) is 4.57. The second-order valence-corrected chi connectivity index (χ2v) is 4.68. The monoisotopic (exact) mass is 272 g/mol. The number of hydrogen-bond donors (Lipinski definition) is 2. The number of hydrogen-bond acceptors (Lipinski definition) is 3. The average Bonchev–Trinajstić information content (AvgIpc) is 2.94. The third kappa shape index (κ3) is 3.16. The molecule has 1 heterocycles. The van der Waals surface area contributed by atoms with Gasteiger partial charge in [0.25, 0.3) is 5.91 Å². The van der Waals surface area contributed by atoms with Gasteiger partial charge in [0.15, 0.2) is 0 Å². The molecule has 1 fully saturated rings. The van der Waals surface area contributed by atoms with Gasteiger partial charge in [-0.1, -0.05) is 17.9 Å². The Bertz CT molecular complexity index is 586. The highest BCUT2D eigenvalue weighted by molar-refractivity contribution is 5.95.